The van der Waals surface area contributed by atoms with Gasteiger partial charge in [0.25, 0.3) is 0 Å². The van der Waals surface area contributed by atoms with E-state index in [-0.39, 0.29) is 0 Å². The molecule has 1 aromatic heterocycles. The van der Waals surface area contributed by atoms with E-state index < -0.39 is 5.60 Å². The minimum absolute atomic E-state index is 0.424. The summed E-state index contributed by atoms with van der Waals surface area (Å²) in [6, 6.07) is 7.35. The fraction of sp³-hybridized carbons (Fsp3) is 0.385. The maximum absolute atomic E-state index is 9.66. The van der Waals surface area contributed by atoms with Gasteiger partial charge in [0.05, 0.1) is 22.7 Å². The number of β-amino-alcohol motifs (C(OH)–C–C–N with tert-alkyl or cyclic N) is 1. The van der Waals surface area contributed by atoms with Gasteiger partial charge < -0.3 is 9.52 Å². The van der Waals surface area contributed by atoms with Crippen LogP contribution in [0.15, 0.2) is 28.7 Å². The van der Waals surface area contributed by atoms with Gasteiger partial charge in [-0.15, -0.1) is 10.2 Å². The van der Waals surface area contributed by atoms with Crippen LogP contribution in [-0.2, 0) is 6.54 Å². The Hall–Kier alpha value is -1.43. The normalized spacial score (nSPS) is 18.3. The molecule has 0 spiro atoms. The van der Waals surface area contributed by atoms with Crippen molar-refractivity contribution in [2.45, 2.75) is 19.1 Å². The van der Waals surface area contributed by atoms with Crippen LogP contribution in [0.5, 0.6) is 0 Å². The third-order valence-electron chi connectivity index (χ3n) is 3.06. The third-order valence-corrected chi connectivity index (χ3v) is 3.39. The third kappa shape index (κ3) is 2.63. The molecule has 0 radical (unpaired) electrons. The van der Waals surface area contributed by atoms with Crippen molar-refractivity contribution < 1.29 is 9.52 Å². The fourth-order valence-corrected chi connectivity index (χ4v) is 2.50. The van der Waals surface area contributed by atoms with Gasteiger partial charge in [-0.1, -0.05) is 23.7 Å². The van der Waals surface area contributed by atoms with E-state index in [0.29, 0.717) is 36.4 Å². The maximum atomic E-state index is 9.66. The van der Waals surface area contributed by atoms with Gasteiger partial charge in [-0.05, 0) is 19.1 Å². The molecule has 100 valence electrons. The number of hydrogen-bond donors (Lipinski definition) is 1. The molecule has 5 nitrogen and oxygen atoms in total. The number of likely N-dealkylation sites (tertiary alicyclic amines) is 1. The molecule has 19 heavy (non-hydrogen) atoms. The van der Waals surface area contributed by atoms with Gasteiger partial charge in [0.15, 0.2) is 0 Å². The summed E-state index contributed by atoms with van der Waals surface area (Å²) < 4.78 is 5.60. The molecule has 1 aliphatic rings. The van der Waals surface area contributed by atoms with Crippen LogP contribution in [0.3, 0.4) is 0 Å². The van der Waals surface area contributed by atoms with Crippen LogP contribution < -0.4 is 0 Å². The summed E-state index contributed by atoms with van der Waals surface area (Å²) in [7, 11) is 0. The summed E-state index contributed by atoms with van der Waals surface area (Å²) >= 11 is 6.08. The molecule has 0 amide bonds. The number of aliphatic hydroxyl groups is 1. The number of aromatic nitrogens is 2. The van der Waals surface area contributed by atoms with Crippen LogP contribution in [-0.4, -0.2) is 38.9 Å². The molecule has 0 aliphatic carbocycles. The zero-order valence-electron chi connectivity index (χ0n) is 10.5. The molecule has 0 unspecified atom stereocenters. The summed E-state index contributed by atoms with van der Waals surface area (Å²) in [5, 5.41) is 18.3. The van der Waals surface area contributed by atoms with Crippen molar-refractivity contribution in [2.24, 2.45) is 0 Å². The largest absolute Gasteiger partial charge is 0.419 e. The molecule has 3 rings (SSSR count). The van der Waals surface area contributed by atoms with Crippen LogP contribution in [0.2, 0.25) is 5.02 Å². The smallest absolute Gasteiger partial charge is 0.249 e. The first-order valence-corrected chi connectivity index (χ1v) is 6.43. The van der Waals surface area contributed by atoms with Crippen molar-refractivity contribution >= 4 is 11.6 Å². The Labute approximate surface area is 115 Å². The summed E-state index contributed by atoms with van der Waals surface area (Å²) in [5.74, 6) is 0.957. The Kier molecular flexibility index (Phi) is 3.05. The second-order valence-corrected chi connectivity index (χ2v) is 5.53. The number of nitrogens with zero attached hydrogens (tertiary/aromatic N) is 3. The predicted octanol–water partition coefficient (Wildman–Crippen LogP) is 1.96. The summed E-state index contributed by atoms with van der Waals surface area (Å²) in [4.78, 5) is 2.05. The topological polar surface area (TPSA) is 62.4 Å². The van der Waals surface area contributed by atoms with E-state index in [0.717, 1.165) is 5.56 Å². The van der Waals surface area contributed by atoms with E-state index in [4.69, 9.17) is 16.0 Å². The second kappa shape index (κ2) is 4.59. The lowest BCUT2D eigenvalue weighted by molar-refractivity contribution is -0.0896. The van der Waals surface area contributed by atoms with Crippen molar-refractivity contribution in [1.29, 1.82) is 0 Å². The molecule has 2 heterocycles. The van der Waals surface area contributed by atoms with Gasteiger partial charge in [0.1, 0.15) is 0 Å². The van der Waals surface area contributed by atoms with E-state index in [1.54, 1.807) is 6.07 Å². The summed E-state index contributed by atoms with van der Waals surface area (Å²) in [6.07, 6.45) is 0. The molecule has 6 heteroatoms. The van der Waals surface area contributed by atoms with Crippen molar-refractivity contribution in [1.82, 2.24) is 15.1 Å². The predicted molar refractivity (Wildman–Crippen MR) is 70.6 cm³/mol. The Bertz CT molecular complexity index is 589. The lowest BCUT2D eigenvalue weighted by atomic mass is 9.97. The summed E-state index contributed by atoms with van der Waals surface area (Å²) in [5.41, 5.74) is 0.143. The quantitative estimate of drug-likeness (QED) is 0.930. The lowest BCUT2D eigenvalue weighted by Crippen LogP contribution is -2.59. The molecule has 1 aromatic carbocycles. The SMILES string of the molecule is CC1(O)CN(Cc2nnc(-c3ccccc3Cl)o2)C1. The van der Waals surface area contributed by atoms with Crippen LogP contribution >= 0.6 is 11.6 Å². The number of rotatable bonds is 3. The van der Waals surface area contributed by atoms with Gasteiger partial charge in [-0.2, -0.15) is 0 Å². The van der Waals surface area contributed by atoms with E-state index in [2.05, 4.69) is 10.2 Å². The molecule has 2 aromatic rings. The van der Waals surface area contributed by atoms with E-state index in [1.807, 2.05) is 30.0 Å². The van der Waals surface area contributed by atoms with Gasteiger partial charge in [0.2, 0.25) is 11.8 Å². The molecule has 1 fully saturated rings. The van der Waals surface area contributed by atoms with Crippen LogP contribution in [0, 0.1) is 0 Å². The number of benzene rings is 1. The lowest BCUT2D eigenvalue weighted by Gasteiger charge is -2.43. The Morgan fingerprint density at radius 1 is 1.37 bits per heavy atom. The van der Waals surface area contributed by atoms with E-state index >= 15 is 0 Å². The minimum atomic E-state index is -0.592. The zero-order valence-corrected chi connectivity index (χ0v) is 11.3. The average molecular weight is 280 g/mol. The number of halogens is 1. The van der Waals surface area contributed by atoms with Crippen molar-refractivity contribution in [3.05, 3.63) is 35.2 Å². The molecule has 0 saturated carbocycles. The van der Waals surface area contributed by atoms with Gasteiger partial charge >= 0.3 is 0 Å². The minimum Gasteiger partial charge on any atom is -0.419 e. The standard InChI is InChI=1S/C13H14ClN3O2/c1-13(18)7-17(8-13)6-11-15-16-12(19-11)9-4-2-3-5-10(9)14/h2-5,18H,6-8H2,1H3. The second-order valence-electron chi connectivity index (χ2n) is 5.12. The molecule has 1 saturated heterocycles. The highest BCUT2D eigenvalue weighted by molar-refractivity contribution is 6.33. The fourth-order valence-electron chi connectivity index (χ4n) is 2.28. The molecular formula is C13H14ClN3O2. The monoisotopic (exact) mass is 279 g/mol. The molecule has 1 aliphatic heterocycles. The first-order valence-electron chi connectivity index (χ1n) is 6.05. The van der Waals surface area contributed by atoms with Crippen molar-refractivity contribution in [3.8, 4) is 11.5 Å². The van der Waals surface area contributed by atoms with Crippen LogP contribution in [0.4, 0.5) is 0 Å². The zero-order chi connectivity index (χ0) is 13.5. The molecule has 0 bridgehead atoms. The highest BCUT2D eigenvalue weighted by Gasteiger charge is 2.37. The first kappa shape index (κ1) is 12.6. The maximum Gasteiger partial charge on any atom is 0.249 e. The Morgan fingerprint density at radius 2 is 2.11 bits per heavy atom. The first-order chi connectivity index (χ1) is 9.03. The molecular weight excluding hydrogens is 266 g/mol. The molecule has 0 atom stereocenters. The van der Waals surface area contributed by atoms with Gasteiger partial charge in [0, 0.05) is 13.1 Å². The molecule has 1 N–H and O–H groups in total. The van der Waals surface area contributed by atoms with Crippen molar-refractivity contribution in [3.63, 3.8) is 0 Å². The van der Waals surface area contributed by atoms with E-state index in [9.17, 15) is 5.11 Å². The van der Waals surface area contributed by atoms with Crippen LogP contribution in [0.25, 0.3) is 11.5 Å². The van der Waals surface area contributed by atoms with Crippen LogP contribution in [0.1, 0.15) is 12.8 Å². The van der Waals surface area contributed by atoms with Gasteiger partial charge in [-0.3, -0.25) is 4.90 Å². The Morgan fingerprint density at radius 3 is 2.79 bits per heavy atom. The highest BCUT2D eigenvalue weighted by atomic mass is 35.5. The Balaban J connectivity index is 1.72. The van der Waals surface area contributed by atoms with Gasteiger partial charge in [-0.25, -0.2) is 0 Å². The van der Waals surface area contributed by atoms with Crippen molar-refractivity contribution in [2.75, 3.05) is 13.1 Å². The number of hydrogen-bond acceptors (Lipinski definition) is 5. The highest BCUT2D eigenvalue weighted by Crippen LogP contribution is 2.27. The van der Waals surface area contributed by atoms with E-state index in [1.165, 1.54) is 0 Å². The summed E-state index contributed by atoms with van der Waals surface area (Å²) in [6.45, 7) is 3.60. The average Bonchev–Trinajstić information content (AvgIpc) is 2.75.